The summed E-state index contributed by atoms with van der Waals surface area (Å²) in [7, 11) is 1.29. The molecule has 0 amide bonds. The van der Waals surface area contributed by atoms with Gasteiger partial charge in [-0.2, -0.15) is 0 Å². The van der Waals surface area contributed by atoms with Crippen molar-refractivity contribution in [3.63, 3.8) is 0 Å². The molecule has 2 N–H and O–H groups in total. The third-order valence-corrected chi connectivity index (χ3v) is 3.68. The Morgan fingerprint density at radius 1 is 1.39 bits per heavy atom. The molecule has 0 saturated carbocycles. The van der Waals surface area contributed by atoms with Crippen molar-refractivity contribution in [2.24, 2.45) is 0 Å². The van der Waals surface area contributed by atoms with Gasteiger partial charge in [0.2, 0.25) is 0 Å². The third-order valence-electron chi connectivity index (χ3n) is 2.98. The summed E-state index contributed by atoms with van der Waals surface area (Å²) < 4.78 is 24.3. The Labute approximate surface area is 142 Å². The fourth-order valence-corrected chi connectivity index (χ4v) is 2.34. The minimum Gasteiger partial charge on any atom is -0.492 e. The van der Waals surface area contributed by atoms with Crippen molar-refractivity contribution in [3.8, 4) is 17.0 Å². The van der Waals surface area contributed by atoms with E-state index in [-0.39, 0.29) is 45.0 Å². The van der Waals surface area contributed by atoms with Gasteiger partial charge in [-0.1, -0.05) is 23.2 Å². The smallest absolute Gasteiger partial charge is 0.358 e. The molecule has 0 aliphatic rings. The average molecular weight is 359 g/mol. The van der Waals surface area contributed by atoms with Crippen LogP contribution in [0.4, 0.5) is 10.1 Å². The maximum Gasteiger partial charge on any atom is 0.358 e. The zero-order chi connectivity index (χ0) is 17.1. The number of nitrogens with zero attached hydrogens (tertiary/aromatic N) is 1. The van der Waals surface area contributed by atoms with E-state index in [0.29, 0.717) is 0 Å². The second kappa shape index (κ2) is 7.02. The van der Waals surface area contributed by atoms with Crippen LogP contribution in [0, 0.1) is 5.82 Å². The molecule has 2 rings (SSSR count). The van der Waals surface area contributed by atoms with Gasteiger partial charge in [0.05, 0.1) is 35.1 Å². The van der Waals surface area contributed by atoms with Crippen LogP contribution >= 0.6 is 23.2 Å². The lowest BCUT2D eigenvalue weighted by Gasteiger charge is -2.12. The summed E-state index contributed by atoms with van der Waals surface area (Å²) in [5, 5.41) is 0.0647. The molecule has 0 atom stereocenters. The highest BCUT2D eigenvalue weighted by Gasteiger charge is 2.21. The van der Waals surface area contributed by atoms with Gasteiger partial charge in [0, 0.05) is 5.56 Å². The standard InChI is InChI=1S/C15H13Cl2FN2O3/c1-3-23-15(21)13-11(17)9(19)6-10(20-13)7-4-5-8(16)14(22-2)12(7)18/h4-6H,3H2,1-2H3,(H2,19,20). The van der Waals surface area contributed by atoms with Crippen molar-refractivity contribution < 1.29 is 18.7 Å². The summed E-state index contributed by atoms with van der Waals surface area (Å²) in [6.45, 7) is 1.78. The molecule has 1 heterocycles. The van der Waals surface area contributed by atoms with E-state index in [0.717, 1.165) is 0 Å². The number of ether oxygens (including phenoxy) is 2. The first kappa shape index (κ1) is 17.3. The van der Waals surface area contributed by atoms with Crippen molar-refractivity contribution >= 4 is 34.9 Å². The van der Waals surface area contributed by atoms with E-state index < -0.39 is 11.8 Å². The first-order chi connectivity index (χ1) is 10.9. The summed E-state index contributed by atoms with van der Waals surface area (Å²) in [5.41, 5.74) is 5.86. The largest absolute Gasteiger partial charge is 0.492 e. The lowest BCUT2D eigenvalue weighted by atomic mass is 10.1. The van der Waals surface area contributed by atoms with E-state index in [4.69, 9.17) is 38.4 Å². The van der Waals surface area contributed by atoms with Crippen molar-refractivity contribution in [3.05, 3.63) is 39.8 Å². The SMILES string of the molecule is CCOC(=O)c1nc(-c2ccc(Cl)c(OC)c2F)cc(N)c1Cl. The molecular weight excluding hydrogens is 346 g/mol. The number of hydrogen-bond acceptors (Lipinski definition) is 5. The molecule has 8 heteroatoms. The maximum absolute atomic E-state index is 14.5. The van der Waals surface area contributed by atoms with Gasteiger partial charge in [0.15, 0.2) is 17.3 Å². The normalized spacial score (nSPS) is 10.5. The van der Waals surface area contributed by atoms with Gasteiger partial charge in [-0.05, 0) is 25.1 Å². The number of hydrogen-bond donors (Lipinski definition) is 1. The number of carbonyl (C=O) groups is 1. The highest BCUT2D eigenvalue weighted by atomic mass is 35.5. The molecule has 0 spiro atoms. The molecule has 0 radical (unpaired) electrons. The van der Waals surface area contributed by atoms with Gasteiger partial charge in [0.1, 0.15) is 0 Å². The molecule has 23 heavy (non-hydrogen) atoms. The van der Waals surface area contributed by atoms with Gasteiger partial charge in [-0.3, -0.25) is 0 Å². The highest BCUT2D eigenvalue weighted by Crippen LogP contribution is 2.36. The van der Waals surface area contributed by atoms with Crippen molar-refractivity contribution in [1.82, 2.24) is 4.98 Å². The van der Waals surface area contributed by atoms with Crippen LogP contribution < -0.4 is 10.5 Å². The molecule has 0 unspecified atom stereocenters. The summed E-state index contributed by atoms with van der Waals surface area (Å²) in [4.78, 5) is 16.0. The Kier molecular flexibility index (Phi) is 5.28. The quantitative estimate of drug-likeness (QED) is 0.837. The number of halogens is 3. The van der Waals surface area contributed by atoms with Gasteiger partial charge in [-0.25, -0.2) is 14.2 Å². The zero-order valence-corrected chi connectivity index (χ0v) is 13.8. The number of carbonyl (C=O) groups excluding carboxylic acids is 1. The van der Waals surface area contributed by atoms with Crippen LogP contribution in [0.5, 0.6) is 5.75 Å². The number of aromatic nitrogens is 1. The van der Waals surface area contributed by atoms with E-state index in [9.17, 15) is 9.18 Å². The molecule has 0 aliphatic heterocycles. The van der Waals surface area contributed by atoms with Gasteiger partial charge >= 0.3 is 5.97 Å². The van der Waals surface area contributed by atoms with Crippen LogP contribution in [-0.2, 0) is 4.74 Å². The van der Waals surface area contributed by atoms with E-state index >= 15 is 0 Å². The molecule has 0 saturated heterocycles. The fraction of sp³-hybridized carbons (Fsp3) is 0.200. The molecule has 0 aliphatic carbocycles. The highest BCUT2D eigenvalue weighted by molar-refractivity contribution is 6.35. The molecule has 2 aromatic rings. The second-order valence-electron chi connectivity index (χ2n) is 4.42. The third kappa shape index (κ3) is 3.33. The Morgan fingerprint density at radius 2 is 2.09 bits per heavy atom. The minimum atomic E-state index is -0.743. The Balaban J connectivity index is 2.64. The topological polar surface area (TPSA) is 74.4 Å². The predicted molar refractivity (Wildman–Crippen MR) is 86.6 cm³/mol. The Hall–Kier alpha value is -2.05. The van der Waals surface area contributed by atoms with Crippen LogP contribution in [0.15, 0.2) is 18.2 Å². The van der Waals surface area contributed by atoms with Crippen molar-refractivity contribution in [1.29, 1.82) is 0 Å². The summed E-state index contributed by atoms with van der Waals surface area (Å²) in [5.74, 6) is -1.59. The van der Waals surface area contributed by atoms with E-state index in [1.165, 1.54) is 25.3 Å². The molecule has 5 nitrogen and oxygen atoms in total. The molecule has 1 aromatic carbocycles. The van der Waals surface area contributed by atoms with Gasteiger partial charge < -0.3 is 15.2 Å². The second-order valence-corrected chi connectivity index (χ2v) is 5.21. The summed E-state index contributed by atoms with van der Waals surface area (Å²) >= 11 is 11.8. The zero-order valence-electron chi connectivity index (χ0n) is 12.3. The van der Waals surface area contributed by atoms with Crippen molar-refractivity contribution in [2.45, 2.75) is 6.92 Å². The van der Waals surface area contributed by atoms with Crippen LogP contribution in [0.3, 0.4) is 0 Å². The van der Waals surface area contributed by atoms with Crippen LogP contribution in [0.25, 0.3) is 11.3 Å². The van der Waals surface area contributed by atoms with Crippen LogP contribution in [0.2, 0.25) is 10.0 Å². The summed E-state index contributed by atoms with van der Waals surface area (Å²) in [6, 6.07) is 4.22. The first-order valence-electron chi connectivity index (χ1n) is 6.56. The van der Waals surface area contributed by atoms with Crippen LogP contribution in [-0.4, -0.2) is 24.7 Å². The molecule has 0 bridgehead atoms. The first-order valence-corrected chi connectivity index (χ1v) is 7.31. The Bertz CT molecular complexity index is 769. The number of nitrogen functional groups attached to an aromatic ring is 1. The van der Waals surface area contributed by atoms with Crippen molar-refractivity contribution in [2.75, 3.05) is 19.5 Å². The fourth-order valence-electron chi connectivity index (χ4n) is 1.94. The molecule has 1 aromatic heterocycles. The molecule has 122 valence electrons. The number of nitrogens with two attached hydrogens (primary N) is 1. The summed E-state index contributed by atoms with van der Waals surface area (Å²) in [6.07, 6.45) is 0. The van der Waals surface area contributed by atoms with Crippen LogP contribution in [0.1, 0.15) is 17.4 Å². The van der Waals surface area contributed by atoms with Gasteiger partial charge in [0.25, 0.3) is 0 Å². The lowest BCUT2D eigenvalue weighted by molar-refractivity contribution is 0.0520. The number of pyridine rings is 1. The van der Waals surface area contributed by atoms with E-state index in [1.807, 2.05) is 0 Å². The lowest BCUT2D eigenvalue weighted by Crippen LogP contribution is -2.10. The maximum atomic E-state index is 14.5. The Morgan fingerprint density at radius 3 is 2.70 bits per heavy atom. The molecule has 0 fully saturated rings. The predicted octanol–water partition coefficient (Wildman–Crippen LogP) is 3.96. The van der Waals surface area contributed by atoms with E-state index in [2.05, 4.69) is 4.98 Å². The number of anilines is 1. The molecular formula is C15H13Cl2FN2O3. The number of benzene rings is 1. The number of rotatable bonds is 4. The average Bonchev–Trinajstić information content (AvgIpc) is 2.51. The number of methoxy groups -OCH3 is 1. The minimum absolute atomic E-state index is 0.0477. The monoisotopic (exact) mass is 358 g/mol. The number of esters is 1. The van der Waals surface area contributed by atoms with Gasteiger partial charge in [-0.15, -0.1) is 0 Å². The van der Waals surface area contributed by atoms with E-state index in [1.54, 1.807) is 6.92 Å².